The molecule has 0 atom stereocenters. The van der Waals surface area contributed by atoms with Gasteiger partial charge in [-0.05, 0) is 14.0 Å². The number of nitrogens with one attached hydrogen (secondary N) is 1. The Morgan fingerprint density at radius 2 is 2.12 bits per heavy atom. The largest absolute Gasteiger partial charge is 0.311 e. The number of piperazine rings is 1. The first kappa shape index (κ1) is 13.0. The highest BCUT2D eigenvalue weighted by Crippen LogP contribution is 2.10. The fourth-order valence-electron chi connectivity index (χ4n) is 2.01. The van der Waals surface area contributed by atoms with Crippen molar-refractivity contribution in [1.29, 1.82) is 0 Å². The minimum Gasteiger partial charge on any atom is -0.311 e. The van der Waals surface area contributed by atoms with Crippen molar-refractivity contribution in [3.05, 3.63) is 16.1 Å². The number of hydrogen-bond donors (Lipinski definition) is 1. The van der Waals surface area contributed by atoms with Crippen molar-refractivity contribution in [3.63, 3.8) is 0 Å². The molecule has 0 aliphatic carbocycles. The molecule has 1 saturated heterocycles. The molecule has 1 aliphatic rings. The van der Waals surface area contributed by atoms with Gasteiger partial charge in [-0.15, -0.1) is 11.3 Å². The lowest BCUT2D eigenvalue weighted by molar-refractivity contribution is 0.154. The lowest BCUT2D eigenvalue weighted by Crippen LogP contribution is -2.46. The topological polar surface area (TPSA) is 31.4 Å². The predicted octanol–water partition coefficient (Wildman–Crippen LogP) is 0.789. The average Bonchev–Trinajstić information content (AvgIpc) is 2.73. The molecule has 4 nitrogen and oxygen atoms in total. The molecule has 1 fully saturated rings. The zero-order valence-corrected chi connectivity index (χ0v) is 11.6. The predicted molar refractivity (Wildman–Crippen MR) is 72.5 cm³/mol. The van der Waals surface area contributed by atoms with Gasteiger partial charge >= 0.3 is 0 Å². The molecular weight excluding hydrogens is 232 g/mol. The van der Waals surface area contributed by atoms with E-state index in [1.807, 2.05) is 5.51 Å². The van der Waals surface area contributed by atoms with Gasteiger partial charge in [0.2, 0.25) is 0 Å². The molecule has 0 aromatic carbocycles. The SMILES string of the molecule is Cc1ncsc1CNCCN1CCN(C)CC1. The standard InChI is InChI=1S/C12H22N4S/c1-11-12(17-10-14-11)9-13-3-4-16-7-5-15(2)6-8-16/h10,13H,3-9H2,1-2H3. The van der Waals surface area contributed by atoms with Crippen LogP contribution in [0.25, 0.3) is 0 Å². The monoisotopic (exact) mass is 254 g/mol. The number of nitrogens with zero attached hydrogens (tertiary/aromatic N) is 3. The molecule has 0 saturated carbocycles. The van der Waals surface area contributed by atoms with Gasteiger partial charge < -0.3 is 10.2 Å². The Morgan fingerprint density at radius 3 is 2.76 bits per heavy atom. The van der Waals surface area contributed by atoms with Crippen LogP contribution in [0.4, 0.5) is 0 Å². The van der Waals surface area contributed by atoms with Crippen molar-refractivity contribution in [2.45, 2.75) is 13.5 Å². The summed E-state index contributed by atoms with van der Waals surface area (Å²) in [5, 5.41) is 3.50. The van der Waals surface area contributed by atoms with Gasteiger partial charge in [0.1, 0.15) is 0 Å². The van der Waals surface area contributed by atoms with Crippen LogP contribution in [0.15, 0.2) is 5.51 Å². The molecule has 1 aromatic heterocycles. The summed E-state index contributed by atoms with van der Waals surface area (Å²) in [4.78, 5) is 10.5. The summed E-state index contributed by atoms with van der Waals surface area (Å²) in [6.45, 7) is 10.1. The van der Waals surface area contributed by atoms with Crippen LogP contribution in [0.1, 0.15) is 10.6 Å². The number of thiazole rings is 1. The molecule has 5 heteroatoms. The highest BCUT2D eigenvalue weighted by molar-refractivity contribution is 7.09. The Bertz CT molecular complexity index is 331. The van der Waals surface area contributed by atoms with Gasteiger partial charge in [-0.3, -0.25) is 4.90 Å². The lowest BCUT2D eigenvalue weighted by Gasteiger charge is -2.32. The van der Waals surface area contributed by atoms with E-state index in [0.29, 0.717) is 0 Å². The van der Waals surface area contributed by atoms with Crippen LogP contribution in [0, 0.1) is 6.92 Å². The molecule has 1 N–H and O–H groups in total. The van der Waals surface area contributed by atoms with Crippen LogP contribution in [0.2, 0.25) is 0 Å². The fraction of sp³-hybridized carbons (Fsp3) is 0.750. The van der Waals surface area contributed by atoms with E-state index in [0.717, 1.165) is 19.6 Å². The highest BCUT2D eigenvalue weighted by Gasteiger charge is 2.12. The van der Waals surface area contributed by atoms with Gasteiger partial charge in [0.05, 0.1) is 11.2 Å². The van der Waals surface area contributed by atoms with E-state index in [1.54, 1.807) is 11.3 Å². The van der Waals surface area contributed by atoms with Crippen molar-refractivity contribution in [1.82, 2.24) is 20.1 Å². The minimum absolute atomic E-state index is 0.963. The van der Waals surface area contributed by atoms with Gasteiger partial charge in [0.15, 0.2) is 0 Å². The summed E-state index contributed by atoms with van der Waals surface area (Å²) in [6, 6.07) is 0. The van der Waals surface area contributed by atoms with Crippen LogP contribution in [-0.2, 0) is 6.54 Å². The summed E-state index contributed by atoms with van der Waals surface area (Å²) in [6.07, 6.45) is 0. The number of aryl methyl sites for hydroxylation is 1. The molecule has 0 spiro atoms. The molecule has 96 valence electrons. The van der Waals surface area contributed by atoms with E-state index in [2.05, 4.69) is 34.1 Å². The second kappa shape index (κ2) is 6.44. The second-order valence-corrected chi connectivity index (χ2v) is 5.62. The van der Waals surface area contributed by atoms with Gasteiger partial charge in [0, 0.05) is 50.7 Å². The summed E-state index contributed by atoms with van der Waals surface area (Å²) in [5.41, 5.74) is 3.09. The van der Waals surface area contributed by atoms with E-state index in [-0.39, 0.29) is 0 Å². The molecule has 2 heterocycles. The van der Waals surface area contributed by atoms with E-state index in [4.69, 9.17) is 0 Å². The molecular formula is C12H22N4S. The minimum atomic E-state index is 0.963. The molecule has 0 amide bonds. The maximum atomic E-state index is 4.26. The summed E-state index contributed by atoms with van der Waals surface area (Å²) >= 11 is 1.74. The Morgan fingerprint density at radius 1 is 1.35 bits per heavy atom. The van der Waals surface area contributed by atoms with Crippen molar-refractivity contribution in [3.8, 4) is 0 Å². The van der Waals surface area contributed by atoms with Crippen LogP contribution in [0.5, 0.6) is 0 Å². The maximum Gasteiger partial charge on any atom is 0.0798 e. The molecule has 0 radical (unpaired) electrons. The normalized spacial score (nSPS) is 18.7. The highest BCUT2D eigenvalue weighted by atomic mass is 32.1. The van der Waals surface area contributed by atoms with Crippen LogP contribution in [0.3, 0.4) is 0 Å². The quantitative estimate of drug-likeness (QED) is 0.787. The smallest absolute Gasteiger partial charge is 0.0798 e. The zero-order valence-electron chi connectivity index (χ0n) is 10.8. The van der Waals surface area contributed by atoms with E-state index in [9.17, 15) is 0 Å². The fourth-order valence-corrected chi connectivity index (χ4v) is 2.75. The Hall–Kier alpha value is -0.490. The van der Waals surface area contributed by atoms with Crippen LogP contribution < -0.4 is 5.32 Å². The molecule has 0 unspecified atom stereocenters. The number of aromatic nitrogens is 1. The molecule has 2 rings (SSSR count). The van der Waals surface area contributed by atoms with Crippen LogP contribution >= 0.6 is 11.3 Å². The van der Waals surface area contributed by atoms with Gasteiger partial charge in [-0.25, -0.2) is 4.98 Å². The second-order valence-electron chi connectivity index (χ2n) is 4.68. The van der Waals surface area contributed by atoms with Gasteiger partial charge in [-0.1, -0.05) is 0 Å². The maximum absolute atomic E-state index is 4.26. The Labute approximate surface area is 108 Å². The lowest BCUT2D eigenvalue weighted by atomic mass is 10.3. The summed E-state index contributed by atoms with van der Waals surface area (Å²) < 4.78 is 0. The van der Waals surface area contributed by atoms with Gasteiger partial charge in [0.25, 0.3) is 0 Å². The number of rotatable bonds is 5. The number of hydrogen-bond acceptors (Lipinski definition) is 5. The zero-order chi connectivity index (χ0) is 12.1. The molecule has 1 aromatic rings. The first-order chi connectivity index (χ1) is 8.25. The van der Waals surface area contributed by atoms with Crippen molar-refractivity contribution >= 4 is 11.3 Å². The summed E-state index contributed by atoms with van der Waals surface area (Å²) in [5.74, 6) is 0. The first-order valence-electron chi connectivity index (χ1n) is 6.26. The Kier molecular flexibility index (Phi) is 4.91. The van der Waals surface area contributed by atoms with Crippen LogP contribution in [-0.4, -0.2) is 61.1 Å². The van der Waals surface area contributed by atoms with Crippen molar-refractivity contribution < 1.29 is 0 Å². The Balaban J connectivity index is 1.59. The summed E-state index contributed by atoms with van der Waals surface area (Å²) in [7, 11) is 2.20. The molecule has 17 heavy (non-hydrogen) atoms. The van der Waals surface area contributed by atoms with Gasteiger partial charge in [-0.2, -0.15) is 0 Å². The third-order valence-corrected chi connectivity index (χ3v) is 4.27. The van der Waals surface area contributed by atoms with Crippen molar-refractivity contribution in [2.24, 2.45) is 0 Å². The molecule has 0 bridgehead atoms. The van der Waals surface area contributed by atoms with Crippen molar-refractivity contribution in [2.75, 3.05) is 46.3 Å². The number of likely N-dealkylation sites (N-methyl/N-ethyl adjacent to an activating group) is 1. The first-order valence-corrected chi connectivity index (χ1v) is 7.14. The van der Waals surface area contributed by atoms with E-state index < -0.39 is 0 Å². The molecule has 1 aliphatic heterocycles. The third kappa shape index (κ3) is 4.03. The third-order valence-electron chi connectivity index (χ3n) is 3.33. The van der Waals surface area contributed by atoms with E-state index in [1.165, 1.54) is 36.8 Å². The average molecular weight is 254 g/mol. The van der Waals surface area contributed by atoms with E-state index >= 15 is 0 Å².